The summed E-state index contributed by atoms with van der Waals surface area (Å²) in [5.41, 5.74) is -0.0392. The van der Waals surface area contributed by atoms with Crippen LogP contribution in [0.4, 0.5) is 5.69 Å². The quantitative estimate of drug-likeness (QED) is 0.591. The van der Waals surface area contributed by atoms with Gasteiger partial charge in [0.15, 0.2) is 15.8 Å². The van der Waals surface area contributed by atoms with Crippen molar-refractivity contribution in [3.05, 3.63) is 37.6 Å². The average molecular weight is 278 g/mol. The highest BCUT2D eigenvalue weighted by molar-refractivity contribution is 6.41. The van der Waals surface area contributed by atoms with Crippen molar-refractivity contribution in [2.24, 2.45) is 0 Å². The van der Waals surface area contributed by atoms with Gasteiger partial charge < -0.3 is 0 Å². The third-order valence-corrected chi connectivity index (χ3v) is 2.79. The lowest BCUT2D eigenvalue weighted by Crippen LogP contribution is -1.95. The standard InChI is InChI=1S/C8H2Cl3N3O2/c9-3-1-2-4-5(6(3)14(15)16)13-8(11)7(10)12-4/h1-2H. The normalized spacial score (nSPS) is 10.7. The zero-order chi connectivity index (χ0) is 11.9. The zero-order valence-corrected chi connectivity index (χ0v) is 9.71. The summed E-state index contributed by atoms with van der Waals surface area (Å²) in [6.45, 7) is 0. The average Bonchev–Trinajstić information content (AvgIpc) is 2.20. The van der Waals surface area contributed by atoms with Crippen LogP contribution in [0.2, 0.25) is 15.3 Å². The number of halogens is 3. The van der Waals surface area contributed by atoms with Gasteiger partial charge in [0.25, 0.3) is 0 Å². The second-order valence-electron chi connectivity index (χ2n) is 2.83. The van der Waals surface area contributed by atoms with E-state index in [1.807, 2.05) is 0 Å². The molecule has 2 aromatic rings. The Kier molecular flexibility index (Phi) is 2.84. The predicted octanol–water partition coefficient (Wildman–Crippen LogP) is 3.50. The first kappa shape index (κ1) is 11.3. The van der Waals surface area contributed by atoms with Crippen LogP contribution in [-0.4, -0.2) is 14.9 Å². The summed E-state index contributed by atoms with van der Waals surface area (Å²) in [4.78, 5) is 17.8. The Labute approximate surface area is 104 Å². The first-order chi connectivity index (χ1) is 7.50. The molecule has 2 rings (SSSR count). The van der Waals surface area contributed by atoms with Crippen molar-refractivity contribution in [3.8, 4) is 0 Å². The van der Waals surface area contributed by atoms with Crippen LogP contribution >= 0.6 is 34.8 Å². The number of nitro benzene ring substituents is 1. The van der Waals surface area contributed by atoms with E-state index < -0.39 is 4.92 Å². The van der Waals surface area contributed by atoms with E-state index in [4.69, 9.17) is 34.8 Å². The van der Waals surface area contributed by atoms with Crippen molar-refractivity contribution in [1.82, 2.24) is 9.97 Å². The van der Waals surface area contributed by atoms with Crippen molar-refractivity contribution < 1.29 is 4.92 Å². The van der Waals surface area contributed by atoms with Gasteiger partial charge in [0.05, 0.1) is 10.4 Å². The highest BCUT2D eigenvalue weighted by atomic mass is 35.5. The molecule has 1 aromatic heterocycles. The van der Waals surface area contributed by atoms with Gasteiger partial charge in [-0.3, -0.25) is 10.1 Å². The molecular weight excluding hydrogens is 276 g/mol. The van der Waals surface area contributed by atoms with Crippen molar-refractivity contribution in [2.45, 2.75) is 0 Å². The molecule has 5 nitrogen and oxygen atoms in total. The monoisotopic (exact) mass is 277 g/mol. The molecule has 0 aliphatic rings. The number of hydrogen-bond acceptors (Lipinski definition) is 4. The van der Waals surface area contributed by atoms with Crippen molar-refractivity contribution in [2.75, 3.05) is 0 Å². The lowest BCUT2D eigenvalue weighted by Gasteiger charge is -2.01. The lowest BCUT2D eigenvalue weighted by molar-refractivity contribution is -0.383. The molecular formula is C8H2Cl3N3O2. The Morgan fingerprint density at radius 1 is 1.12 bits per heavy atom. The Balaban J connectivity index is 2.92. The number of benzene rings is 1. The minimum atomic E-state index is -0.635. The van der Waals surface area contributed by atoms with E-state index in [0.29, 0.717) is 0 Å². The zero-order valence-electron chi connectivity index (χ0n) is 7.45. The third kappa shape index (κ3) is 1.77. The van der Waals surface area contributed by atoms with Gasteiger partial charge in [0.1, 0.15) is 5.02 Å². The molecule has 0 saturated carbocycles. The number of nitro groups is 1. The highest BCUT2D eigenvalue weighted by Gasteiger charge is 2.20. The van der Waals surface area contributed by atoms with Crippen LogP contribution in [0.1, 0.15) is 0 Å². The maximum absolute atomic E-state index is 10.8. The maximum Gasteiger partial charge on any atom is 0.315 e. The SMILES string of the molecule is O=[N+]([O-])c1c(Cl)ccc2nc(Cl)c(Cl)nc12. The van der Waals surface area contributed by atoms with E-state index in [-0.39, 0.29) is 32.0 Å². The topological polar surface area (TPSA) is 68.9 Å². The highest BCUT2D eigenvalue weighted by Crippen LogP contribution is 2.33. The Hall–Kier alpha value is -1.17. The largest absolute Gasteiger partial charge is 0.315 e. The van der Waals surface area contributed by atoms with E-state index in [1.165, 1.54) is 12.1 Å². The van der Waals surface area contributed by atoms with E-state index in [0.717, 1.165) is 0 Å². The molecule has 82 valence electrons. The van der Waals surface area contributed by atoms with Crippen molar-refractivity contribution in [3.63, 3.8) is 0 Å². The van der Waals surface area contributed by atoms with Crippen LogP contribution in [0.15, 0.2) is 12.1 Å². The van der Waals surface area contributed by atoms with Crippen LogP contribution < -0.4 is 0 Å². The fourth-order valence-electron chi connectivity index (χ4n) is 1.21. The van der Waals surface area contributed by atoms with Crippen LogP contribution in [-0.2, 0) is 0 Å². The second-order valence-corrected chi connectivity index (χ2v) is 3.95. The smallest absolute Gasteiger partial charge is 0.258 e. The molecule has 0 amide bonds. The molecule has 0 fully saturated rings. The van der Waals surface area contributed by atoms with Gasteiger partial charge in [-0.05, 0) is 12.1 Å². The van der Waals surface area contributed by atoms with Gasteiger partial charge in [-0.15, -0.1) is 0 Å². The lowest BCUT2D eigenvalue weighted by atomic mass is 10.2. The van der Waals surface area contributed by atoms with Gasteiger partial charge in [0, 0.05) is 0 Å². The first-order valence-corrected chi connectivity index (χ1v) is 5.09. The van der Waals surface area contributed by atoms with Gasteiger partial charge in [0.2, 0.25) is 0 Å². The second kappa shape index (κ2) is 4.01. The molecule has 0 unspecified atom stereocenters. The van der Waals surface area contributed by atoms with Crippen molar-refractivity contribution >= 4 is 51.5 Å². The molecule has 0 aliphatic heterocycles. The van der Waals surface area contributed by atoms with Gasteiger partial charge >= 0.3 is 5.69 Å². The summed E-state index contributed by atoms with van der Waals surface area (Å²) in [6, 6.07) is 2.85. The molecule has 1 aromatic carbocycles. The molecule has 0 bridgehead atoms. The van der Waals surface area contributed by atoms with Crippen LogP contribution in [0, 0.1) is 10.1 Å². The summed E-state index contributed by atoms with van der Waals surface area (Å²) < 4.78 is 0. The van der Waals surface area contributed by atoms with E-state index in [9.17, 15) is 10.1 Å². The number of hydrogen-bond donors (Lipinski definition) is 0. The minimum Gasteiger partial charge on any atom is -0.258 e. The summed E-state index contributed by atoms with van der Waals surface area (Å²) in [6.07, 6.45) is 0. The molecule has 0 radical (unpaired) electrons. The predicted molar refractivity (Wildman–Crippen MR) is 61.2 cm³/mol. The first-order valence-electron chi connectivity index (χ1n) is 3.96. The van der Waals surface area contributed by atoms with Crippen molar-refractivity contribution in [1.29, 1.82) is 0 Å². The molecule has 0 atom stereocenters. The number of aromatic nitrogens is 2. The fraction of sp³-hybridized carbons (Fsp3) is 0. The molecule has 8 heteroatoms. The summed E-state index contributed by atoms with van der Waals surface area (Å²) in [5, 5.41) is 10.7. The molecule has 0 saturated heterocycles. The number of fused-ring (bicyclic) bond motifs is 1. The third-order valence-electron chi connectivity index (χ3n) is 1.86. The fourth-order valence-corrected chi connectivity index (χ4v) is 1.70. The summed E-state index contributed by atoms with van der Waals surface area (Å²) in [7, 11) is 0. The molecule has 0 N–H and O–H groups in total. The van der Waals surface area contributed by atoms with Gasteiger partial charge in [-0.25, -0.2) is 9.97 Å². The summed E-state index contributed by atoms with van der Waals surface area (Å²) >= 11 is 17.0. The van der Waals surface area contributed by atoms with Crippen LogP contribution in [0.5, 0.6) is 0 Å². The van der Waals surface area contributed by atoms with E-state index in [1.54, 1.807) is 0 Å². The molecule has 0 aliphatic carbocycles. The van der Waals surface area contributed by atoms with Crippen LogP contribution in [0.25, 0.3) is 11.0 Å². The van der Waals surface area contributed by atoms with Crippen LogP contribution in [0.3, 0.4) is 0 Å². The molecule has 1 heterocycles. The maximum atomic E-state index is 10.8. The Morgan fingerprint density at radius 3 is 2.38 bits per heavy atom. The molecule has 0 spiro atoms. The number of rotatable bonds is 1. The summed E-state index contributed by atoms with van der Waals surface area (Å²) in [5.74, 6) is 0. The minimum absolute atomic E-state index is 0.00853. The van der Waals surface area contributed by atoms with E-state index in [2.05, 4.69) is 9.97 Å². The van der Waals surface area contributed by atoms with Gasteiger partial charge in [-0.2, -0.15) is 0 Å². The number of nitrogens with zero attached hydrogens (tertiary/aromatic N) is 3. The molecule has 16 heavy (non-hydrogen) atoms. The Morgan fingerprint density at radius 2 is 1.75 bits per heavy atom. The van der Waals surface area contributed by atoms with E-state index >= 15 is 0 Å². The van der Waals surface area contributed by atoms with Gasteiger partial charge in [-0.1, -0.05) is 34.8 Å². The Bertz CT molecular complexity index is 603.